The summed E-state index contributed by atoms with van der Waals surface area (Å²) in [6.45, 7) is 10.8. The number of nitrogens with zero attached hydrogens (tertiary/aromatic N) is 1. The van der Waals surface area contributed by atoms with E-state index >= 15 is 0 Å². The zero-order valence-electron chi connectivity index (χ0n) is 11.8. The maximum Gasteiger partial charge on any atom is 0.152 e. The Balaban J connectivity index is 2.50. The Labute approximate surface area is 106 Å². The SMILES string of the molecule is CC(=O)/C=C/CN1CCCC(C)C(C)CC1C. The molecule has 1 fully saturated rings. The second kappa shape index (κ2) is 6.95. The van der Waals surface area contributed by atoms with Crippen LogP contribution in [0.15, 0.2) is 12.2 Å². The van der Waals surface area contributed by atoms with Crippen molar-refractivity contribution in [3.8, 4) is 0 Å². The topological polar surface area (TPSA) is 20.3 Å². The van der Waals surface area contributed by atoms with Crippen LogP contribution in [0.2, 0.25) is 0 Å². The van der Waals surface area contributed by atoms with E-state index in [2.05, 4.69) is 25.7 Å². The molecule has 0 spiro atoms. The lowest BCUT2D eigenvalue weighted by molar-refractivity contribution is -0.112. The van der Waals surface area contributed by atoms with Crippen molar-refractivity contribution in [3.05, 3.63) is 12.2 Å². The molecule has 0 aromatic heterocycles. The van der Waals surface area contributed by atoms with Crippen LogP contribution in [0, 0.1) is 11.8 Å². The van der Waals surface area contributed by atoms with Gasteiger partial charge >= 0.3 is 0 Å². The summed E-state index contributed by atoms with van der Waals surface area (Å²) in [7, 11) is 0. The molecule has 1 saturated heterocycles. The summed E-state index contributed by atoms with van der Waals surface area (Å²) in [4.78, 5) is 13.4. The normalized spacial score (nSPS) is 32.4. The van der Waals surface area contributed by atoms with E-state index in [0.717, 1.165) is 18.4 Å². The number of hydrogen-bond donors (Lipinski definition) is 0. The van der Waals surface area contributed by atoms with Gasteiger partial charge in [0.15, 0.2) is 5.78 Å². The van der Waals surface area contributed by atoms with E-state index < -0.39 is 0 Å². The molecule has 0 aromatic rings. The second-order valence-electron chi connectivity index (χ2n) is 5.69. The summed E-state index contributed by atoms with van der Waals surface area (Å²) in [5, 5.41) is 0. The van der Waals surface area contributed by atoms with Gasteiger partial charge in [0.25, 0.3) is 0 Å². The fourth-order valence-electron chi connectivity index (χ4n) is 2.67. The van der Waals surface area contributed by atoms with Crippen LogP contribution < -0.4 is 0 Å². The molecule has 0 radical (unpaired) electrons. The van der Waals surface area contributed by atoms with Crippen molar-refractivity contribution >= 4 is 5.78 Å². The molecule has 0 amide bonds. The molecule has 17 heavy (non-hydrogen) atoms. The van der Waals surface area contributed by atoms with E-state index in [1.54, 1.807) is 13.0 Å². The summed E-state index contributed by atoms with van der Waals surface area (Å²) < 4.78 is 0. The molecule has 1 aliphatic rings. The molecule has 98 valence electrons. The lowest BCUT2D eigenvalue weighted by Crippen LogP contribution is -2.38. The van der Waals surface area contributed by atoms with Crippen LogP contribution in [0.3, 0.4) is 0 Å². The predicted octanol–water partition coefficient (Wildman–Crippen LogP) is 3.28. The van der Waals surface area contributed by atoms with Crippen LogP contribution in [0.1, 0.15) is 47.0 Å². The zero-order valence-corrected chi connectivity index (χ0v) is 11.8. The van der Waals surface area contributed by atoms with Crippen LogP contribution >= 0.6 is 0 Å². The van der Waals surface area contributed by atoms with Crippen molar-refractivity contribution in [2.24, 2.45) is 11.8 Å². The average Bonchev–Trinajstić information content (AvgIpc) is 2.24. The summed E-state index contributed by atoms with van der Waals surface area (Å²) in [5.41, 5.74) is 0. The minimum Gasteiger partial charge on any atom is -0.297 e. The van der Waals surface area contributed by atoms with Crippen molar-refractivity contribution in [3.63, 3.8) is 0 Å². The zero-order chi connectivity index (χ0) is 12.8. The maximum absolute atomic E-state index is 10.9. The standard InChI is InChI=1S/C15H27NO/c1-12-7-5-9-16(10-6-8-15(4)17)14(3)11-13(12)2/h6,8,12-14H,5,7,9-11H2,1-4H3/b8-6+. The monoisotopic (exact) mass is 237 g/mol. The highest BCUT2D eigenvalue weighted by molar-refractivity contribution is 5.87. The first kappa shape index (κ1) is 14.4. The van der Waals surface area contributed by atoms with E-state index in [4.69, 9.17) is 0 Å². The number of ketones is 1. The second-order valence-corrected chi connectivity index (χ2v) is 5.69. The number of rotatable bonds is 3. The predicted molar refractivity (Wildman–Crippen MR) is 73.0 cm³/mol. The van der Waals surface area contributed by atoms with Gasteiger partial charge in [-0.3, -0.25) is 9.69 Å². The molecule has 0 bridgehead atoms. The molecule has 0 saturated carbocycles. The first-order chi connectivity index (χ1) is 8.00. The van der Waals surface area contributed by atoms with Crippen molar-refractivity contribution in [1.82, 2.24) is 4.90 Å². The van der Waals surface area contributed by atoms with E-state index in [0.29, 0.717) is 6.04 Å². The summed E-state index contributed by atoms with van der Waals surface area (Å²) >= 11 is 0. The molecule has 1 aliphatic heterocycles. The minimum atomic E-state index is 0.145. The molecule has 1 rings (SSSR count). The maximum atomic E-state index is 10.9. The minimum absolute atomic E-state index is 0.145. The highest BCUT2D eigenvalue weighted by Crippen LogP contribution is 2.26. The summed E-state index contributed by atoms with van der Waals surface area (Å²) in [6.07, 6.45) is 7.59. The van der Waals surface area contributed by atoms with E-state index in [1.807, 2.05) is 6.08 Å². The third kappa shape index (κ3) is 5.03. The Hall–Kier alpha value is -0.630. The Morgan fingerprint density at radius 1 is 1.29 bits per heavy atom. The Morgan fingerprint density at radius 2 is 2.00 bits per heavy atom. The quantitative estimate of drug-likeness (QED) is 0.702. The first-order valence-electron chi connectivity index (χ1n) is 6.92. The highest BCUT2D eigenvalue weighted by atomic mass is 16.1. The number of hydrogen-bond acceptors (Lipinski definition) is 2. The van der Waals surface area contributed by atoms with E-state index in [1.165, 1.54) is 25.8 Å². The first-order valence-corrected chi connectivity index (χ1v) is 6.92. The fourth-order valence-corrected chi connectivity index (χ4v) is 2.67. The largest absolute Gasteiger partial charge is 0.297 e. The van der Waals surface area contributed by atoms with Crippen LogP contribution in [0.25, 0.3) is 0 Å². The molecular formula is C15H27NO. The molecule has 0 N–H and O–H groups in total. The van der Waals surface area contributed by atoms with Gasteiger partial charge in [-0.25, -0.2) is 0 Å². The van der Waals surface area contributed by atoms with Gasteiger partial charge in [-0.05, 0) is 57.6 Å². The van der Waals surface area contributed by atoms with Crippen molar-refractivity contribution in [2.45, 2.75) is 53.0 Å². The van der Waals surface area contributed by atoms with Crippen LogP contribution in [-0.2, 0) is 4.79 Å². The Morgan fingerprint density at radius 3 is 2.65 bits per heavy atom. The molecule has 2 heteroatoms. The van der Waals surface area contributed by atoms with Gasteiger partial charge in [0.2, 0.25) is 0 Å². The summed E-state index contributed by atoms with van der Waals surface area (Å²) in [6, 6.07) is 0.629. The number of carbonyl (C=O) groups excluding carboxylic acids is 1. The Kier molecular flexibility index (Phi) is 5.90. The third-order valence-corrected chi connectivity index (χ3v) is 4.10. The molecular weight excluding hydrogens is 210 g/mol. The van der Waals surface area contributed by atoms with Crippen LogP contribution in [-0.4, -0.2) is 29.8 Å². The van der Waals surface area contributed by atoms with Gasteiger partial charge in [0.1, 0.15) is 0 Å². The van der Waals surface area contributed by atoms with Gasteiger partial charge in [0.05, 0.1) is 0 Å². The lowest BCUT2D eigenvalue weighted by Gasteiger charge is -2.35. The average molecular weight is 237 g/mol. The molecule has 1 heterocycles. The third-order valence-electron chi connectivity index (χ3n) is 4.10. The Bertz CT molecular complexity index is 272. The van der Waals surface area contributed by atoms with Gasteiger partial charge in [-0.1, -0.05) is 19.9 Å². The smallest absolute Gasteiger partial charge is 0.152 e. The molecule has 0 aliphatic carbocycles. The van der Waals surface area contributed by atoms with Crippen molar-refractivity contribution in [1.29, 1.82) is 0 Å². The van der Waals surface area contributed by atoms with Crippen molar-refractivity contribution < 1.29 is 4.79 Å². The van der Waals surface area contributed by atoms with Gasteiger partial charge in [-0.15, -0.1) is 0 Å². The van der Waals surface area contributed by atoms with E-state index in [9.17, 15) is 4.79 Å². The lowest BCUT2D eigenvalue weighted by atomic mass is 9.85. The number of likely N-dealkylation sites (tertiary alicyclic amines) is 1. The van der Waals surface area contributed by atoms with Gasteiger partial charge in [0, 0.05) is 12.6 Å². The molecule has 0 aromatic carbocycles. The molecule has 2 nitrogen and oxygen atoms in total. The highest BCUT2D eigenvalue weighted by Gasteiger charge is 2.22. The summed E-state index contributed by atoms with van der Waals surface area (Å²) in [5.74, 6) is 1.81. The number of carbonyl (C=O) groups is 1. The molecule has 3 unspecified atom stereocenters. The van der Waals surface area contributed by atoms with E-state index in [-0.39, 0.29) is 5.78 Å². The van der Waals surface area contributed by atoms with Gasteiger partial charge in [-0.2, -0.15) is 0 Å². The van der Waals surface area contributed by atoms with Crippen molar-refractivity contribution in [2.75, 3.05) is 13.1 Å². The van der Waals surface area contributed by atoms with Crippen LogP contribution in [0.5, 0.6) is 0 Å². The van der Waals surface area contributed by atoms with Gasteiger partial charge < -0.3 is 0 Å². The fraction of sp³-hybridized carbons (Fsp3) is 0.800. The number of allylic oxidation sites excluding steroid dienone is 1. The molecule has 3 atom stereocenters. The van der Waals surface area contributed by atoms with Crippen LogP contribution in [0.4, 0.5) is 0 Å².